The van der Waals surface area contributed by atoms with Crippen molar-refractivity contribution in [3.63, 3.8) is 0 Å². The van der Waals surface area contributed by atoms with Crippen LogP contribution in [0, 0.1) is 0 Å². The molecule has 4 nitrogen and oxygen atoms in total. The number of hydrogen-bond donors (Lipinski definition) is 1. The highest BCUT2D eigenvalue weighted by Gasteiger charge is 2.12. The van der Waals surface area contributed by atoms with E-state index < -0.39 is 0 Å². The molecule has 19 heavy (non-hydrogen) atoms. The summed E-state index contributed by atoms with van der Waals surface area (Å²) in [5, 5.41) is 7.95. The standard InChI is InChI=1S/C14H26BrN3O/c1-4-6-12(16-5-2)7-8-14-13(15)11-17-18(14)9-10-19-3/h11-12,16H,4-10H2,1-3H3. The van der Waals surface area contributed by atoms with Crippen LogP contribution in [-0.4, -0.2) is 36.1 Å². The molecular formula is C14H26BrN3O. The van der Waals surface area contributed by atoms with Gasteiger partial charge in [-0.05, 0) is 41.7 Å². The third kappa shape index (κ3) is 5.63. The molecule has 0 aromatic carbocycles. The number of halogens is 1. The summed E-state index contributed by atoms with van der Waals surface area (Å²) in [6.45, 7) is 6.96. The van der Waals surface area contributed by atoms with E-state index in [-0.39, 0.29) is 0 Å². The Bertz CT molecular complexity index is 348. The van der Waals surface area contributed by atoms with Crippen LogP contribution < -0.4 is 5.32 Å². The Balaban J connectivity index is 2.56. The van der Waals surface area contributed by atoms with Gasteiger partial charge in [0.25, 0.3) is 0 Å². The molecule has 1 unspecified atom stereocenters. The van der Waals surface area contributed by atoms with Crippen molar-refractivity contribution >= 4 is 15.9 Å². The maximum absolute atomic E-state index is 5.12. The molecule has 5 heteroatoms. The summed E-state index contributed by atoms with van der Waals surface area (Å²) in [4.78, 5) is 0. The Morgan fingerprint density at radius 1 is 1.42 bits per heavy atom. The summed E-state index contributed by atoms with van der Waals surface area (Å²) in [5.41, 5.74) is 1.27. The molecule has 1 aromatic heterocycles. The van der Waals surface area contributed by atoms with Crippen molar-refractivity contribution < 1.29 is 4.74 Å². The Hall–Kier alpha value is -0.390. The minimum absolute atomic E-state index is 0.604. The topological polar surface area (TPSA) is 39.1 Å². The van der Waals surface area contributed by atoms with Gasteiger partial charge in [0.05, 0.1) is 29.5 Å². The van der Waals surface area contributed by atoms with Crippen molar-refractivity contribution in [3.8, 4) is 0 Å². The second kappa shape index (κ2) is 9.50. The molecule has 1 rings (SSSR count). The molecule has 0 aliphatic heterocycles. The zero-order valence-corrected chi connectivity index (χ0v) is 13.9. The van der Waals surface area contributed by atoms with E-state index in [0.29, 0.717) is 12.6 Å². The fourth-order valence-corrected chi connectivity index (χ4v) is 2.80. The van der Waals surface area contributed by atoms with E-state index in [1.807, 2.05) is 10.9 Å². The van der Waals surface area contributed by atoms with Crippen LogP contribution in [0.25, 0.3) is 0 Å². The third-order valence-electron chi connectivity index (χ3n) is 3.26. The van der Waals surface area contributed by atoms with Crippen molar-refractivity contribution in [2.24, 2.45) is 0 Å². The molecule has 0 bridgehead atoms. The average molecular weight is 332 g/mol. The molecule has 0 saturated carbocycles. The number of hydrogen-bond acceptors (Lipinski definition) is 3. The summed E-state index contributed by atoms with van der Waals surface area (Å²) in [7, 11) is 1.72. The van der Waals surface area contributed by atoms with E-state index >= 15 is 0 Å². The fraction of sp³-hybridized carbons (Fsp3) is 0.786. The zero-order chi connectivity index (χ0) is 14.1. The second-order valence-electron chi connectivity index (χ2n) is 4.74. The SMILES string of the molecule is CCCC(CCc1c(Br)cnn1CCOC)NCC. The molecule has 0 radical (unpaired) electrons. The van der Waals surface area contributed by atoms with Crippen LogP contribution in [0.5, 0.6) is 0 Å². The lowest BCUT2D eigenvalue weighted by Crippen LogP contribution is -2.29. The van der Waals surface area contributed by atoms with E-state index in [0.717, 1.165) is 30.4 Å². The number of nitrogens with zero attached hydrogens (tertiary/aromatic N) is 2. The minimum atomic E-state index is 0.604. The molecule has 110 valence electrons. The lowest BCUT2D eigenvalue weighted by atomic mass is 10.0. The van der Waals surface area contributed by atoms with Gasteiger partial charge in [0.15, 0.2) is 0 Å². The van der Waals surface area contributed by atoms with Crippen LogP contribution in [0.15, 0.2) is 10.7 Å². The van der Waals surface area contributed by atoms with E-state index in [1.165, 1.54) is 18.5 Å². The highest BCUT2D eigenvalue weighted by atomic mass is 79.9. The number of ether oxygens (including phenoxy) is 1. The Kier molecular flexibility index (Phi) is 8.34. The quantitative estimate of drug-likeness (QED) is 0.716. The van der Waals surface area contributed by atoms with Crippen molar-refractivity contribution in [3.05, 3.63) is 16.4 Å². The fourth-order valence-electron chi connectivity index (χ4n) is 2.30. The molecule has 0 aliphatic rings. The maximum atomic E-state index is 5.12. The normalized spacial score (nSPS) is 12.8. The predicted octanol–water partition coefficient (Wildman–Crippen LogP) is 3.00. The summed E-state index contributed by atoms with van der Waals surface area (Å²) >= 11 is 3.59. The molecule has 0 saturated heterocycles. The lowest BCUT2D eigenvalue weighted by Gasteiger charge is -2.17. The van der Waals surface area contributed by atoms with Crippen LogP contribution in [0.2, 0.25) is 0 Å². The van der Waals surface area contributed by atoms with Crippen LogP contribution in [0.4, 0.5) is 0 Å². The first-order valence-corrected chi connectivity index (χ1v) is 7.94. The predicted molar refractivity (Wildman–Crippen MR) is 82.5 cm³/mol. The van der Waals surface area contributed by atoms with Gasteiger partial charge in [-0.25, -0.2) is 0 Å². The van der Waals surface area contributed by atoms with Crippen LogP contribution in [-0.2, 0) is 17.7 Å². The third-order valence-corrected chi connectivity index (χ3v) is 3.93. The van der Waals surface area contributed by atoms with Gasteiger partial charge < -0.3 is 10.1 Å². The first kappa shape index (κ1) is 16.7. The molecular weight excluding hydrogens is 306 g/mol. The highest BCUT2D eigenvalue weighted by molar-refractivity contribution is 9.10. The Labute approximate surface area is 125 Å². The van der Waals surface area contributed by atoms with Gasteiger partial charge in [0.1, 0.15) is 0 Å². The van der Waals surface area contributed by atoms with Gasteiger partial charge in [-0.2, -0.15) is 5.10 Å². The molecule has 1 N–H and O–H groups in total. The minimum Gasteiger partial charge on any atom is -0.383 e. The molecule has 0 aliphatic carbocycles. The van der Waals surface area contributed by atoms with Gasteiger partial charge in [-0.15, -0.1) is 0 Å². The molecule has 1 atom stereocenters. The number of methoxy groups -OCH3 is 1. The molecule has 1 heterocycles. The van der Waals surface area contributed by atoms with Gasteiger partial charge in [0.2, 0.25) is 0 Å². The molecule has 0 amide bonds. The average Bonchev–Trinajstić information content (AvgIpc) is 2.75. The van der Waals surface area contributed by atoms with E-state index in [1.54, 1.807) is 7.11 Å². The molecule has 0 fully saturated rings. The van der Waals surface area contributed by atoms with Crippen molar-refractivity contribution in [1.29, 1.82) is 0 Å². The second-order valence-corrected chi connectivity index (χ2v) is 5.59. The van der Waals surface area contributed by atoms with E-state index in [9.17, 15) is 0 Å². The summed E-state index contributed by atoms with van der Waals surface area (Å²) < 4.78 is 8.28. The first-order chi connectivity index (χ1) is 9.22. The highest BCUT2D eigenvalue weighted by Crippen LogP contribution is 2.19. The van der Waals surface area contributed by atoms with Crippen LogP contribution in [0.1, 0.15) is 38.8 Å². The Morgan fingerprint density at radius 3 is 2.84 bits per heavy atom. The number of nitrogens with one attached hydrogen (secondary N) is 1. The van der Waals surface area contributed by atoms with E-state index in [2.05, 4.69) is 40.2 Å². The molecule has 0 spiro atoms. The summed E-state index contributed by atoms with van der Waals surface area (Å²) in [5.74, 6) is 0. The summed E-state index contributed by atoms with van der Waals surface area (Å²) in [6.07, 6.45) is 6.54. The summed E-state index contributed by atoms with van der Waals surface area (Å²) in [6, 6.07) is 0.604. The lowest BCUT2D eigenvalue weighted by molar-refractivity contribution is 0.182. The first-order valence-electron chi connectivity index (χ1n) is 7.15. The van der Waals surface area contributed by atoms with Gasteiger partial charge >= 0.3 is 0 Å². The number of aromatic nitrogens is 2. The van der Waals surface area contributed by atoms with Crippen molar-refractivity contribution in [2.75, 3.05) is 20.3 Å². The maximum Gasteiger partial charge on any atom is 0.0658 e. The Morgan fingerprint density at radius 2 is 2.21 bits per heavy atom. The smallest absolute Gasteiger partial charge is 0.0658 e. The van der Waals surface area contributed by atoms with Crippen LogP contribution in [0.3, 0.4) is 0 Å². The van der Waals surface area contributed by atoms with Gasteiger partial charge in [-0.3, -0.25) is 4.68 Å². The largest absolute Gasteiger partial charge is 0.383 e. The number of rotatable bonds is 10. The van der Waals surface area contributed by atoms with Gasteiger partial charge in [0, 0.05) is 13.2 Å². The van der Waals surface area contributed by atoms with Crippen molar-refractivity contribution in [2.45, 2.75) is 52.1 Å². The van der Waals surface area contributed by atoms with Crippen LogP contribution >= 0.6 is 15.9 Å². The molecule has 1 aromatic rings. The monoisotopic (exact) mass is 331 g/mol. The zero-order valence-electron chi connectivity index (χ0n) is 12.3. The van der Waals surface area contributed by atoms with E-state index in [4.69, 9.17) is 4.74 Å². The van der Waals surface area contributed by atoms with Gasteiger partial charge in [-0.1, -0.05) is 20.3 Å². The van der Waals surface area contributed by atoms with Crippen molar-refractivity contribution in [1.82, 2.24) is 15.1 Å².